The number of nitrogens with two attached hydrogens (primary N) is 1. The fraction of sp³-hybridized carbons (Fsp3) is 0. The summed E-state index contributed by atoms with van der Waals surface area (Å²) in [4.78, 5) is 19.0. The topological polar surface area (TPSA) is 81.8 Å². The Morgan fingerprint density at radius 3 is 2.93 bits per heavy atom. The molecule has 14 heavy (non-hydrogen) atoms. The molecule has 5 nitrogen and oxygen atoms in total. The number of primary amides is 1. The Balaban J connectivity index is 2.58. The first-order valence-corrected chi connectivity index (χ1v) is 4.64. The fourth-order valence-electron chi connectivity index (χ4n) is 1.06. The molecule has 0 aromatic carbocycles. The van der Waals surface area contributed by atoms with Crippen molar-refractivity contribution in [2.45, 2.75) is 0 Å². The fourth-order valence-corrected chi connectivity index (χ4v) is 1.48. The van der Waals surface area contributed by atoms with Crippen LogP contribution >= 0.6 is 11.5 Å². The van der Waals surface area contributed by atoms with Crippen molar-refractivity contribution in [1.29, 1.82) is 0 Å². The van der Waals surface area contributed by atoms with Gasteiger partial charge in [0, 0.05) is 6.20 Å². The normalized spacial score (nSPS) is 10.0. The third-order valence-corrected chi connectivity index (χ3v) is 2.12. The summed E-state index contributed by atoms with van der Waals surface area (Å²) in [6.07, 6.45) is 1.57. The number of carbonyl (C=O) groups excluding carboxylic acids is 1. The smallest absolute Gasteiger partial charge is 0.251 e. The van der Waals surface area contributed by atoms with Gasteiger partial charge in [0.15, 0.2) is 5.82 Å². The zero-order chi connectivity index (χ0) is 9.97. The van der Waals surface area contributed by atoms with Crippen molar-refractivity contribution in [2.75, 3.05) is 0 Å². The first-order chi connectivity index (χ1) is 6.79. The highest BCUT2D eigenvalue weighted by atomic mass is 32.1. The van der Waals surface area contributed by atoms with Crippen LogP contribution in [0.5, 0.6) is 0 Å². The van der Waals surface area contributed by atoms with Crippen molar-refractivity contribution in [3.05, 3.63) is 29.4 Å². The molecule has 1 amide bonds. The predicted octanol–water partition coefficient (Wildman–Crippen LogP) is 0.699. The van der Waals surface area contributed by atoms with Gasteiger partial charge in [0.05, 0.1) is 5.56 Å². The highest BCUT2D eigenvalue weighted by Gasteiger charge is 2.12. The Morgan fingerprint density at radius 1 is 1.43 bits per heavy atom. The average molecular weight is 206 g/mol. The summed E-state index contributed by atoms with van der Waals surface area (Å²) in [6.45, 7) is 0. The van der Waals surface area contributed by atoms with E-state index in [1.807, 2.05) is 0 Å². The van der Waals surface area contributed by atoms with Gasteiger partial charge >= 0.3 is 0 Å². The van der Waals surface area contributed by atoms with Crippen LogP contribution < -0.4 is 5.73 Å². The Hall–Kier alpha value is -1.82. The maximum atomic E-state index is 11.0. The van der Waals surface area contributed by atoms with Crippen LogP contribution in [-0.2, 0) is 0 Å². The molecule has 2 heterocycles. The first-order valence-electron chi connectivity index (χ1n) is 3.80. The van der Waals surface area contributed by atoms with Gasteiger partial charge in [-0.15, -0.1) is 0 Å². The molecule has 2 N–H and O–H groups in total. The van der Waals surface area contributed by atoms with Crippen LogP contribution in [0, 0.1) is 0 Å². The van der Waals surface area contributed by atoms with Gasteiger partial charge in [0.1, 0.15) is 11.2 Å². The summed E-state index contributed by atoms with van der Waals surface area (Å²) in [5, 5.41) is 0. The first kappa shape index (κ1) is 8.76. The highest BCUT2D eigenvalue weighted by Crippen LogP contribution is 2.16. The lowest BCUT2D eigenvalue weighted by molar-refractivity contribution is 0.100. The molecule has 0 bridgehead atoms. The van der Waals surface area contributed by atoms with Crippen LogP contribution in [0.4, 0.5) is 0 Å². The molecule has 0 saturated heterocycles. The van der Waals surface area contributed by atoms with Gasteiger partial charge in [-0.05, 0) is 23.7 Å². The Morgan fingerprint density at radius 2 is 2.29 bits per heavy atom. The van der Waals surface area contributed by atoms with Crippen molar-refractivity contribution in [3.8, 4) is 11.5 Å². The second kappa shape index (κ2) is 3.51. The van der Waals surface area contributed by atoms with E-state index in [0.717, 1.165) is 0 Å². The van der Waals surface area contributed by atoms with E-state index in [1.54, 1.807) is 23.8 Å². The summed E-state index contributed by atoms with van der Waals surface area (Å²) in [6, 6.07) is 3.25. The van der Waals surface area contributed by atoms with E-state index in [4.69, 9.17) is 5.73 Å². The largest absolute Gasteiger partial charge is 0.366 e. The van der Waals surface area contributed by atoms with Crippen molar-refractivity contribution < 1.29 is 4.79 Å². The molecule has 2 rings (SSSR count). The van der Waals surface area contributed by atoms with Crippen LogP contribution in [0.2, 0.25) is 0 Å². The molecule has 0 aliphatic rings. The SMILES string of the molecule is NC(=O)c1cccnc1-c1ncsn1. The molecule has 0 radical (unpaired) electrons. The molecular weight excluding hydrogens is 200 g/mol. The van der Waals surface area contributed by atoms with E-state index in [9.17, 15) is 4.79 Å². The van der Waals surface area contributed by atoms with E-state index in [2.05, 4.69) is 14.3 Å². The van der Waals surface area contributed by atoms with Crippen LogP contribution in [0.25, 0.3) is 11.5 Å². The molecule has 0 aliphatic carbocycles. The molecule has 2 aromatic rings. The molecular formula is C8H6N4OS. The maximum Gasteiger partial charge on any atom is 0.251 e. The molecule has 70 valence electrons. The third-order valence-electron chi connectivity index (χ3n) is 1.65. The van der Waals surface area contributed by atoms with E-state index < -0.39 is 5.91 Å². The van der Waals surface area contributed by atoms with E-state index >= 15 is 0 Å². The van der Waals surface area contributed by atoms with Gasteiger partial charge in [-0.1, -0.05) is 0 Å². The average Bonchev–Trinajstić information content (AvgIpc) is 2.70. The zero-order valence-electron chi connectivity index (χ0n) is 7.04. The number of pyridine rings is 1. The van der Waals surface area contributed by atoms with Gasteiger partial charge in [-0.2, -0.15) is 4.37 Å². The number of hydrogen-bond donors (Lipinski definition) is 1. The number of rotatable bonds is 2. The highest BCUT2D eigenvalue weighted by molar-refractivity contribution is 7.03. The Kier molecular flexibility index (Phi) is 2.19. The zero-order valence-corrected chi connectivity index (χ0v) is 7.86. The molecule has 0 saturated carbocycles. The van der Waals surface area contributed by atoms with E-state index in [-0.39, 0.29) is 0 Å². The van der Waals surface area contributed by atoms with Crippen LogP contribution in [-0.4, -0.2) is 20.2 Å². The minimum absolute atomic E-state index is 0.339. The number of hydrogen-bond acceptors (Lipinski definition) is 5. The van der Waals surface area contributed by atoms with Gasteiger partial charge in [-0.3, -0.25) is 9.78 Å². The van der Waals surface area contributed by atoms with Crippen molar-refractivity contribution in [2.24, 2.45) is 5.73 Å². The lowest BCUT2D eigenvalue weighted by atomic mass is 10.2. The minimum Gasteiger partial charge on any atom is -0.366 e. The molecule has 0 unspecified atom stereocenters. The molecule has 0 spiro atoms. The molecule has 0 fully saturated rings. The van der Waals surface area contributed by atoms with Crippen LogP contribution in [0.15, 0.2) is 23.8 Å². The molecule has 2 aromatic heterocycles. The van der Waals surface area contributed by atoms with Crippen LogP contribution in [0.3, 0.4) is 0 Å². The lowest BCUT2D eigenvalue weighted by Crippen LogP contribution is -2.13. The molecule has 6 heteroatoms. The summed E-state index contributed by atoms with van der Waals surface area (Å²) < 4.78 is 3.99. The second-order valence-electron chi connectivity index (χ2n) is 2.52. The van der Waals surface area contributed by atoms with Gasteiger partial charge in [0.2, 0.25) is 0 Å². The number of amides is 1. The number of nitrogens with zero attached hydrogens (tertiary/aromatic N) is 3. The molecule has 0 atom stereocenters. The quantitative estimate of drug-likeness (QED) is 0.784. The predicted molar refractivity (Wildman–Crippen MR) is 51.7 cm³/mol. The van der Waals surface area contributed by atoms with Gasteiger partial charge in [-0.25, -0.2) is 4.98 Å². The van der Waals surface area contributed by atoms with Gasteiger partial charge < -0.3 is 5.73 Å². The Bertz CT molecular complexity index is 454. The lowest BCUT2D eigenvalue weighted by Gasteiger charge is -1.99. The van der Waals surface area contributed by atoms with Crippen molar-refractivity contribution in [1.82, 2.24) is 14.3 Å². The minimum atomic E-state index is -0.525. The van der Waals surface area contributed by atoms with Crippen LogP contribution in [0.1, 0.15) is 10.4 Å². The summed E-state index contributed by atoms with van der Waals surface area (Å²) in [5.74, 6) is -0.0905. The third kappa shape index (κ3) is 1.47. The van der Waals surface area contributed by atoms with Crippen molar-refractivity contribution in [3.63, 3.8) is 0 Å². The van der Waals surface area contributed by atoms with E-state index in [1.165, 1.54) is 11.5 Å². The number of carbonyl (C=O) groups is 1. The van der Waals surface area contributed by atoms with E-state index in [0.29, 0.717) is 17.1 Å². The second-order valence-corrected chi connectivity index (χ2v) is 3.12. The summed E-state index contributed by atoms with van der Waals surface area (Å²) in [5.41, 5.74) is 7.54. The summed E-state index contributed by atoms with van der Waals surface area (Å²) >= 11 is 1.20. The summed E-state index contributed by atoms with van der Waals surface area (Å²) in [7, 11) is 0. The Labute approximate surface area is 83.8 Å². The van der Waals surface area contributed by atoms with Crippen molar-refractivity contribution >= 4 is 17.4 Å². The van der Waals surface area contributed by atoms with Gasteiger partial charge in [0.25, 0.3) is 5.91 Å². The standard InChI is InChI=1S/C8H6N4OS/c9-7(13)5-2-1-3-10-6(5)8-11-4-14-12-8/h1-4H,(H2,9,13). The maximum absolute atomic E-state index is 11.0. The number of aromatic nitrogens is 3. The molecule has 0 aliphatic heterocycles. The monoisotopic (exact) mass is 206 g/mol.